The lowest BCUT2D eigenvalue weighted by Gasteiger charge is -2.08. The van der Waals surface area contributed by atoms with Crippen molar-refractivity contribution in [1.29, 1.82) is 5.26 Å². The molecule has 0 unspecified atom stereocenters. The first-order valence-corrected chi connectivity index (χ1v) is 8.23. The summed E-state index contributed by atoms with van der Waals surface area (Å²) in [7, 11) is -4.32. The second-order valence-electron chi connectivity index (χ2n) is 4.36. The van der Waals surface area contributed by atoms with E-state index in [1.54, 1.807) is 0 Å². The van der Waals surface area contributed by atoms with Gasteiger partial charge in [0.05, 0.1) is 15.6 Å². The van der Waals surface area contributed by atoms with Crippen molar-refractivity contribution >= 4 is 44.4 Å². The minimum absolute atomic E-state index is 0.0240. The van der Waals surface area contributed by atoms with Gasteiger partial charge >= 0.3 is 10.3 Å². The second-order valence-corrected chi connectivity index (χ2v) is 6.55. The van der Waals surface area contributed by atoms with Gasteiger partial charge in [-0.05, 0) is 30.3 Å². The summed E-state index contributed by atoms with van der Waals surface area (Å²) in [6.07, 6.45) is 0. The highest BCUT2D eigenvalue weighted by Gasteiger charge is 2.23. The van der Waals surface area contributed by atoms with E-state index in [9.17, 15) is 8.42 Å². The molecule has 0 saturated carbocycles. The van der Waals surface area contributed by atoms with Crippen LogP contribution in [0.25, 0.3) is 10.9 Å². The van der Waals surface area contributed by atoms with Crippen molar-refractivity contribution in [3.63, 3.8) is 0 Å². The minimum Gasteiger partial charge on any atom is -0.365 e. The van der Waals surface area contributed by atoms with Gasteiger partial charge in [-0.2, -0.15) is 13.7 Å². The molecule has 6 nitrogen and oxygen atoms in total. The van der Waals surface area contributed by atoms with E-state index in [1.807, 2.05) is 6.07 Å². The number of hydrogen-bond acceptors (Lipinski definition) is 5. The van der Waals surface area contributed by atoms with E-state index >= 15 is 0 Å². The van der Waals surface area contributed by atoms with Gasteiger partial charge in [0.1, 0.15) is 11.8 Å². The van der Waals surface area contributed by atoms with E-state index in [4.69, 9.17) is 32.6 Å². The van der Waals surface area contributed by atoms with Crippen LogP contribution in [0, 0.1) is 17.4 Å². The fourth-order valence-electron chi connectivity index (χ4n) is 1.92. The Labute approximate surface area is 141 Å². The summed E-state index contributed by atoms with van der Waals surface area (Å²) in [6.45, 7) is 0. The Morgan fingerprint density at radius 1 is 1.26 bits per heavy atom. The van der Waals surface area contributed by atoms with Crippen molar-refractivity contribution in [3.8, 4) is 11.8 Å². The smallest absolute Gasteiger partial charge is 0.365 e. The lowest BCUT2D eigenvalue weighted by atomic mass is 10.2. The van der Waals surface area contributed by atoms with Gasteiger partial charge in [-0.25, -0.2) is 0 Å². The zero-order valence-electron chi connectivity index (χ0n) is 11.2. The fraction of sp³-hybridized carbons (Fsp3) is 0. The molecule has 0 atom stereocenters. The van der Waals surface area contributed by atoms with Crippen molar-refractivity contribution < 1.29 is 12.6 Å². The van der Waals surface area contributed by atoms with Gasteiger partial charge in [0.2, 0.25) is 0 Å². The molecule has 0 amide bonds. The molecule has 0 saturated heterocycles. The maximum atomic E-state index is 12.4. The lowest BCUT2D eigenvalue weighted by Crippen LogP contribution is -2.20. The van der Waals surface area contributed by atoms with Crippen molar-refractivity contribution in [3.05, 3.63) is 58.2 Å². The number of fused-ring (bicyclic) bond motifs is 1. The molecule has 0 N–H and O–H groups in total. The molecule has 0 fully saturated rings. The maximum Gasteiger partial charge on any atom is 0.429 e. The van der Waals surface area contributed by atoms with E-state index in [0.29, 0.717) is 9.47 Å². The van der Waals surface area contributed by atoms with Gasteiger partial charge < -0.3 is 4.18 Å². The predicted molar refractivity (Wildman–Crippen MR) is 84.7 cm³/mol. The molecule has 0 bridgehead atoms. The van der Waals surface area contributed by atoms with Crippen LogP contribution in [0.4, 0.5) is 0 Å². The molecule has 2 aromatic carbocycles. The Hall–Kier alpha value is -2.27. The van der Waals surface area contributed by atoms with Gasteiger partial charge in [0.15, 0.2) is 5.69 Å². The van der Waals surface area contributed by atoms with Crippen LogP contribution in [0.2, 0.25) is 10.0 Å². The summed E-state index contributed by atoms with van der Waals surface area (Å²) in [6, 6.07) is 13.1. The molecule has 1 radical (unpaired) electrons. The molecule has 0 aliphatic carbocycles. The number of nitrogens with zero attached hydrogens (tertiary/aromatic N) is 3. The highest BCUT2D eigenvalue weighted by molar-refractivity contribution is 7.85. The van der Waals surface area contributed by atoms with E-state index < -0.39 is 10.3 Å². The van der Waals surface area contributed by atoms with E-state index in [-0.39, 0.29) is 27.0 Å². The van der Waals surface area contributed by atoms with Crippen LogP contribution in [0.3, 0.4) is 0 Å². The first-order chi connectivity index (χ1) is 10.9. The summed E-state index contributed by atoms with van der Waals surface area (Å²) in [5.41, 5.74) is 0.165. The molecule has 0 aliphatic rings. The standard InChI is InChI=1S/C14H6Cl2N3O3S/c15-11-6-5-9(7-12(11)16)22-23(20,21)19-14-4-2-1-3-10(14)13(8-17)18-19/h2-7H. The van der Waals surface area contributed by atoms with Gasteiger partial charge in [-0.1, -0.05) is 29.3 Å². The Kier molecular flexibility index (Phi) is 3.90. The lowest BCUT2D eigenvalue weighted by molar-refractivity contribution is 0.471. The number of benzene rings is 2. The van der Waals surface area contributed by atoms with Gasteiger partial charge in [0, 0.05) is 11.5 Å². The first-order valence-electron chi connectivity index (χ1n) is 6.11. The van der Waals surface area contributed by atoms with E-state index in [0.717, 1.165) is 0 Å². The molecule has 3 rings (SSSR count). The van der Waals surface area contributed by atoms with Crippen molar-refractivity contribution in [2.24, 2.45) is 0 Å². The second kappa shape index (κ2) is 5.74. The van der Waals surface area contributed by atoms with Gasteiger partial charge in [-0.3, -0.25) is 0 Å². The molecule has 0 spiro atoms. The number of halogens is 2. The molecular formula is C14H6Cl2N3O3S. The van der Waals surface area contributed by atoms with Crippen LogP contribution in [0.1, 0.15) is 5.69 Å². The predicted octanol–water partition coefficient (Wildman–Crippen LogP) is 3.19. The van der Waals surface area contributed by atoms with Crippen LogP contribution >= 0.6 is 23.2 Å². The molecule has 9 heteroatoms. The molecular weight excluding hydrogens is 361 g/mol. The SMILES string of the molecule is N#Cc1nn(S(=O)(=O)Oc2ccc(Cl)c(Cl)c2)c2cc[c]cc12. The summed E-state index contributed by atoms with van der Waals surface area (Å²) >= 11 is 11.6. The van der Waals surface area contributed by atoms with Crippen LogP contribution in [-0.2, 0) is 10.3 Å². The van der Waals surface area contributed by atoms with Crippen molar-refractivity contribution in [1.82, 2.24) is 9.19 Å². The average Bonchev–Trinajstić information content (AvgIpc) is 2.90. The van der Waals surface area contributed by atoms with Crippen LogP contribution in [-0.4, -0.2) is 17.6 Å². The largest absolute Gasteiger partial charge is 0.429 e. The van der Waals surface area contributed by atoms with Crippen molar-refractivity contribution in [2.75, 3.05) is 0 Å². The number of aromatic nitrogens is 2. The minimum atomic E-state index is -4.32. The quantitative estimate of drug-likeness (QED) is 0.710. The first kappa shape index (κ1) is 15.6. The monoisotopic (exact) mass is 366 g/mol. The molecule has 1 aromatic heterocycles. The third-order valence-electron chi connectivity index (χ3n) is 2.90. The molecule has 1 heterocycles. The Bertz CT molecular complexity index is 1050. The summed E-state index contributed by atoms with van der Waals surface area (Å²) in [5.74, 6) is -0.0240. The zero-order chi connectivity index (χ0) is 16.6. The summed E-state index contributed by atoms with van der Waals surface area (Å²) in [5, 5.41) is 13.6. The van der Waals surface area contributed by atoms with Crippen LogP contribution in [0.5, 0.6) is 5.75 Å². The van der Waals surface area contributed by atoms with E-state index in [1.165, 1.54) is 36.4 Å². The maximum absolute atomic E-state index is 12.4. The molecule has 0 aliphatic heterocycles. The van der Waals surface area contributed by atoms with Crippen molar-refractivity contribution in [2.45, 2.75) is 0 Å². The summed E-state index contributed by atoms with van der Waals surface area (Å²) in [4.78, 5) is 0. The number of rotatable bonds is 3. The summed E-state index contributed by atoms with van der Waals surface area (Å²) < 4.78 is 30.5. The molecule has 3 aromatic rings. The molecule has 23 heavy (non-hydrogen) atoms. The molecule has 115 valence electrons. The normalized spacial score (nSPS) is 11.3. The highest BCUT2D eigenvalue weighted by atomic mass is 35.5. The topological polar surface area (TPSA) is 85.0 Å². The number of hydrogen-bond donors (Lipinski definition) is 0. The third kappa shape index (κ3) is 2.84. The Morgan fingerprint density at radius 2 is 2.04 bits per heavy atom. The number of nitriles is 1. The fourth-order valence-corrected chi connectivity index (χ4v) is 3.20. The third-order valence-corrected chi connectivity index (χ3v) is 4.75. The van der Waals surface area contributed by atoms with Crippen LogP contribution < -0.4 is 4.18 Å². The Morgan fingerprint density at radius 3 is 2.74 bits per heavy atom. The zero-order valence-corrected chi connectivity index (χ0v) is 13.5. The van der Waals surface area contributed by atoms with E-state index in [2.05, 4.69) is 11.2 Å². The van der Waals surface area contributed by atoms with Crippen LogP contribution in [0.15, 0.2) is 36.4 Å². The van der Waals surface area contributed by atoms with Gasteiger partial charge in [-0.15, -0.1) is 9.19 Å². The van der Waals surface area contributed by atoms with Gasteiger partial charge in [0.25, 0.3) is 0 Å². The average molecular weight is 367 g/mol. The Balaban J connectivity index is 2.10. The highest BCUT2D eigenvalue weighted by Crippen LogP contribution is 2.28.